The molecule has 0 heterocycles. The molecule has 0 aromatic heterocycles. The van der Waals surface area contributed by atoms with E-state index in [0.29, 0.717) is 6.42 Å². The highest BCUT2D eigenvalue weighted by molar-refractivity contribution is 7.51. The Labute approximate surface area is 80.3 Å². The topological polar surface area (TPSA) is 57.5 Å². The Morgan fingerprint density at radius 1 is 1.23 bits per heavy atom. The first-order chi connectivity index (χ1) is 5.77. The quantitative estimate of drug-likeness (QED) is 0.508. The minimum absolute atomic E-state index is 0.0123. The van der Waals surface area contributed by atoms with Gasteiger partial charge in [0.05, 0.1) is 33.3 Å². The molecule has 0 aliphatic carbocycles. The van der Waals surface area contributed by atoms with Gasteiger partial charge in [-0.05, 0) is 6.42 Å². The van der Waals surface area contributed by atoms with Crippen molar-refractivity contribution in [2.24, 2.45) is 0 Å². The van der Waals surface area contributed by atoms with Crippen molar-refractivity contribution < 1.29 is 18.8 Å². The molecule has 2 N–H and O–H groups in total. The van der Waals surface area contributed by atoms with E-state index < -0.39 is 7.60 Å². The second-order valence-corrected chi connectivity index (χ2v) is 5.90. The van der Waals surface area contributed by atoms with Gasteiger partial charge in [-0.3, -0.25) is 4.57 Å². The van der Waals surface area contributed by atoms with Crippen LogP contribution in [-0.2, 0) is 4.57 Å². The van der Waals surface area contributed by atoms with Gasteiger partial charge in [0.2, 0.25) is 0 Å². The lowest BCUT2D eigenvalue weighted by molar-refractivity contribution is -0.890. The minimum atomic E-state index is -3.78. The molecule has 0 unspecified atom stereocenters. The van der Waals surface area contributed by atoms with Gasteiger partial charge in [0, 0.05) is 6.42 Å². The molecule has 0 saturated carbocycles. The predicted octanol–water partition coefficient (Wildman–Crippen LogP) is 1.04. The van der Waals surface area contributed by atoms with Crippen LogP contribution in [0.25, 0.3) is 0 Å². The van der Waals surface area contributed by atoms with Crippen LogP contribution in [-0.4, -0.2) is 47.6 Å². The fraction of sp³-hybridized carbons (Fsp3) is 1.00. The standard InChI is InChI=1S/C8H20NO3P/c1-4-6-9(2,3)7-5-8-13(10,11)12/h4-8H2,1-3H3,(H-,10,11,12)/p+1. The summed E-state index contributed by atoms with van der Waals surface area (Å²) >= 11 is 0. The highest BCUT2D eigenvalue weighted by atomic mass is 31.2. The summed E-state index contributed by atoms with van der Waals surface area (Å²) in [5, 5.41) is 0. The zero-order chi connectivity index (χ0) is 10.5. The van der Waals surface area contributed by atoms with Crippen molar-refractivity contribution >= 4 is 7.60 Å². The molecule has 0 amide bonds. The lowest BCUT2D eigenvalue weighted by Gasteiger charge is -2.29. The van der Waals surface area contributed by atoms with E-state index in [1.807, 2.05) is 0 Å². The molecule has 0 rings (SSSR count). The molecule has 5 heteroatoms. The van der Waals surface area contributed by atoms with Crippen LogP contribution < -0.4 is 0 Å². The Morgan fingerprint density at radius 3 is 2.15 bits per heavy atom. The third kappa shape index (κ3) is 8.44. The van der Waals surface area contributed by atoms with E-state index in [-0.39, 0.29) is 6.16 Å². The first-order valence-electron chi connectivity index (χ1n) is 4.63. The lowest BCUT2D eigenvalue weighted by atomic mass is 10.3. The van der Waals surface area contributed by atoms with E-state index in [0.717, 1.165) is 24.0 Å². The van der Waals surface area contributed by atoms with Gasteiger partial charge in [-0.1, -0.05) is 6.92 Å². The monoisotopic (exact) mass is 210 g/mol. The summed E-state index contributed by atoms with van der Waals surface area (Å²) in [6.07, 6.45) is 1.71. The Kier molecular flexibility index (Phi) is 5.15. The molecule has 80 valence electrons. The minimum Gasteiger partial charge on any atom is -0.328 e. The van der Waals surface area contributed by atoms with Crippen LogP contribution >= 0.6 is 7.60 Å². The van der Waals surface area contributed by atoms with E-state index in [1.54, 1.807) is 0 Å². The Morgan fingerprint density at radius 2 is 1.77 bits per heavy atom. The first-order valence-corrected chi connectivity index (χ1v) is 6.43. The maximum Gasteiger partial charge on any atom is 0.325 e. The summed E-state index contributed by atoms with van der Waals surface area (Å²) in [5.74, 6) is 0. The van der Waals surface area contributed by atoms with E-state index in [1.165, 1.54) is 0 Å². The van der Waals surface area contributed by atoms with Crippen LogP contribution in [0.1, 0.15) is 19.8 Å². The van der Waals surface area contributed by atoms with E-state index in [2.05, 4.69) is 21.0 Å². The molecule has 0 aromatic rings. The molecule has 0 fully saturated rings. The molecule has 0 aromatic carbocycles. The highest BCUT2D eigenvalue weighted by Gasteiger charge is 2.17. The highest BCUT2D eigenvalue weighted by Crippen LogP contribution is 2.34. The number of nitrogens with zero attached hydrogens (tertiary/aromatic N) is 1. The summed E-state index contributed by atoms with van der Waals surface area (Å²) in [7, 11) is 0.392. The Hall–Kier alpha value is 0.110. The second-order valence-electron chi connectivity index (χ2n) is 4.12. The van der Waals surface area contributed by atoms with Gasteiger partial charge >= 0.3 is 7.60 Å². The van der Waals surface area contributed by atoms with Gasteiger partial charge in [0.15, 0.2) is 0 Å². The van der Waals surface area contributed by atoms with Crippen molar-refractivity contribution in [3.8, 4) is 0 Å². The van der Waals surface area contributed by atoms with Crippen LogP contribution in [0.4, 0.5) is 0 Å². The average Bonchev–Trinajstić information content (AvgIpc) is 1.82. The zero-order valence-corrected chi connectivity index (χ0v) is 9.63. The summed E-state index contributed by atoms with van der Waals surface area (Å²) in [5.41, 5.74) is 0. The third-order valence-corrected chi connectivity index (χ3v) is 2.94. The Balaban J connectivity index is 3.69. The van der Waals surface area contributed by atoms with E-state index in [4.69, 9.17) is 9.79 Å². The SMILES string of the molecule is CCC[N+](C)(C)CCCP(=O)(O)O. The number of hydrogen-bond donors (Lipinski definition) is 2. The molecule has 0 aliphatic heterocycles. The van der Waals surface area contributed by atoms with Gasteiger partial charge < -0.3 is 14.3 Å². The average molecular weight is 210 g/mol. The van der Waals surface area contributed by atoms with Crippen LogP contribution in [0.3, 0.4) is 0 Å². The zero-order valence-electron chi connectivity index (χ0n) is 8.73. The molecular weight excluding hydrogens is 189 g/mol. The van der Waals surface area contributed by atoms with E-state index in [9.17, 15) is 4.57 Å². The van der Waals surface area contributed by atoms with Crippen molar-refractivity contribution in [2.45, 2.75) is 19.8 Å². The molecular formula is C8H21NO3P+. The van der Waals surface area contributed by atoms with Crippen LogP contribution in [0.5, 0.6) is 0 Å². The normalized spacial score (nSPS) is 13.3. The first kappa shape index (κ1) is 13.1. The van der Waals surface area contributed by atoms with Crippen LogP contribution in [0.2, 0.25) is 0 Å². The van der Waals surface area contributed by atoms with Crippen LogP contribution in [0.15, 0.2) is 0 Å². The fourth-order valence-electron chi connectivity index (χ4n) is 1.42. The van der Waals surface area contributed by atoms with Gasteiger partial charge in [-0.15, -0.1) is 0 Å². The van der Waals surface area contributed by atoms with Crippen molar-refractivity contribution in [3.05, 3.63) is 0 Å². The molecule has 0 bridgehead atoms. The molecule has 4 nitrogen and oxygen atoms in total. The summed E-state index contributed by atoms with van der Waals surface area (Å²) in [6.45, 7) is 4.00. The lowest BCUT2D eigenvalue weighted by Crippen LogP contribution is -2.41. The van der Waals surface area contributed by atoms with Crippen molar-refractivity contribution in [1.82, 2.24) is 0 Å². The third-order valence-electron chi connectivity index (χ3n) is 2.04. The predicted molar refractivity (Wildman–Crippen MR) is 53.7 cm³/mol. The molecule has 0 aliphatic rings. The summed E-state index contributed by atoms with van der Waals surface area (Å²) in [6, 6.07) is 0. The van der Waals surface area contributed by atoms with Gasteiger partial charge in [0.1, 0.15) is 0 Å². The smallest absolute Gasteiger partial charge is 0.325 e. The van der Waals surface area contributed by atoms with Crippen molar-refractivity contribution in [3.63, 3.8) is 0 Å². The van der Waals surface area contributed by atoms with Crippen molar-refractivity contribution in [1.29, 1.82) is 0 Å². The Bertz CT molecular complexity index is 188. The molecule has 0 atom stereocenters. The summed E-state index contributed by atoms with van der Waals surface area (Å²) < 4.78 is 11.4. The molecule has 0 spiro atoms. The summed E-state index contributed by atoms with van der Waals surface area (Å²) in [4.78, 5) is 17.3. The maximum atomic E-state index is 10.6. The number of hydrogen-bond acceptors (Lipinski definition) is 1. The second kappa shape index (κ2) is 5.11. The maximum absolute atomic E-state index is 10.6. The largest absolute Gasteiger partial charge is 0.328 e. The van der Waals surface area contributed by atoms with E-state index >= 15 is 0 Å². The van der Waals surface area contributed by atoms with Crippen LogP contribution in [0, 0.1) is 0 Å². The van der Waals surface area contributed by atoms with Gasteiger partial charge in [-0.2, -0.15) is 0 Å². The van der Waals surface area contributed by atoms with Crippen molar-refractivity contribution in [2.75, 3.05) is 33.3 Å². The van der Waals surface area contributed by atoms with Gasteiger partial charge in [-0.25, -0.2) is 0 Å². The number of rotatable bonds is 6. The number of quaternary nitrogens is 1. The molecule has 13 heavy (non-hydrogen) atoms. The molecule has 0 radical (unpaired) electrons. The molecule has 0 saturated heterocycles. The van der Waals surface area contributed by atoms with Gasteiger partial charge in [0.25, 0.3) is 0 Å². The fourth-order valence-corrected chi connectivity index (χ4v) is 1.98.